The zero-order chi connectivity index (χ0) is 24.2. The monoisotopic (exact) mass is 502 g/mol. The van der Waals surface area contributed by atoms with Crippen LogP contribution in [0, 0.1) is 0 Å². The number of fused-ring (bicyclic) bond motifs is 1. The molecule has 1 aromatic carbocycles. The predicted molar refractivity (Wildman–Crippen MR) is 118 cm³/mol. The van der Waals surface area contributed by atoms with Crippen LogP contribution in [0.1, 0.15) is 52.8 Å². The van der Waals surface area contributed by atoms with Crippen molar-refractivity contribution >= 4 is 27.3 Å². The third kappa shape index (κ3) is 4.48. The number of amides is 1. The smallest absolute Gasteiger partial charge is 0.310 e. The lowest BCUT2D eigenvalue weighted by atomic mass is 9.98. The number of halogens is 5. The summed E-state index contributed by atoms with van der Waals surface area (Å²) in [7, 11) is -9.77. The number of carbonyl (C=O) groups is 1. The lowest BCUT2D eigenvalue weighted by Crippen LogP contribution is -2.28. The lowest BCUT2D eigenvalue weighted by molar-refractivity contribution is 0.0790. The van der Waals surface area contributed by atoms with Crippen LogP contribution in [-0.4, -0.2) is 52.1 Å². The number of benzene rings is 1. The van der Waals surface area contributed by atoms with Gasteiger partial charge in [-0.05, 0) is 55.2 Å². The summed E-state index contributed by atoms with van der Waals surface area (Å²) < 4.78 is 70.2. The van der Waals surface area contributed by atoms with Gasteiger partial charge in [-0.25, -0.2) is 9.97 Å². The molecule has 1 N–H and O–H groups in total. The van der Waals surface area contributed by atoms with Crippen molar-refractivity contribution in [1.29, 1.82) is 0 Å². The minimum absolute atomic E-state index is 0.0238. The molecule has 0 spiro atoms. The molecule has 2 saturated heterocycles. The molecular formula is C22H23F5N4O2S. The van der Waals surface area contributed by atoms with Gasteiger partial charge in [0, 0.05) is 49.9 Å². The number of hydrogen-bond donors (Lipinski definition) is 1. The molecule has 2 fully saturated rings. The Morgan fingerprint density at radius 2 is 1.71 bits per heavy atom. The zero-order valence-corrected chi connectivity index (χ0v) is 18.8. The maximum absolute atomic E-state index is 13.0. The van der Waals surface area contributed by atoms with Crippen LogP contribution >= 0.6 is 10.2 Å². The number of pyridine rings is 1. The number of hydrogen-bond acceptors (Lipinski definition) is 4. The van der Waals surface area contributed by atoms with E-state index >= 15 is 0 Å². The number of likely N-dealkylation sites (tertiary alicyclic amines) is 1. The molecule has 0 radical (unpaired) electrons. The number of rotatable bonds is 4. The molecule has 0 saturated carbocycles. The van der Waals surface area contributed by atoms with Crippen molar-refractivity contribution in [1.82, 2.24) is 19.9 Å². The highest BCUT2D eigenvalue weighted by Gasteiger charge is 2.65. The van der Waals surface area contributed by atoms with Gasteiger partial charge in [0.25, 0.3) is 5.91 Å². The maximum Gasteiger partial charge on any atom is 0.310 e. The van der Waals surface area contributed by atoms with Gasteiger partial charge in [-0.1, -0.05) is 19.4 Å². The number of nitrogens with zero attached hydrogens (tertiary/aromatic N) is 3. The Bertz CT molecular complexity index is 1240. The van der Waals surface area contributed by atoms with Crippen LogP contribution in [0.5, 0.6) is 0 Å². The Labute approximate surface area is 192 Å². The van der Waals surface area contributed by atoms with E-state index in [1.54, 1.807) is 6.20 Å². The van der Waals surface area contributed by atoms with Gasteiger partial charge in [-0.2, -0.15) is 0 Å². The fraction of sp³-hybridized carbons (Fsp3) is 0.409. The summed E-state index contributed by atoms with van der Waals surface area (Å²) in [5.41, 5.74) is 2.32. The first kappa shape index (κ1) is 23.0. The normalized spacial score (nSPS) is 22.0. The quantitative estimate of drug-likeness (QED) is 0.435. The van der Waals surface area contributed by atoms with E-state index in [4.69, 9.17) is 9.72 Å². The van der Waals surface area contributed by atoms with Gasteiger partial charge < -0.3 is 14.6 Å². The summed E-state index contributed by atoms with van der Waals surface area (Å²) in [4.78, 5) is 24.9. The number of aromatic amines is 1. The number of ether oxygens (including phenoxy) is 1. The van der Waals surface area contributed by atoms with Crippen molar-refractivity contribution in [3.63, 3.8) is 0 Å². The number of carbonyl (C=O) groups excluding carboxylic acids is 1. The van der Waals surface area contributed by atoms with Crippen molar-refractivity contribution in [3.05, 3.63) is 53.5 Å². The third-order valence-electron chi connectivity index (χ3n) is 6.50. The molecule has 0 aliphatic carbocycles. The topological polar surface area (TPSA) is 71.1 Å². The van der Waals surface area contributed by atoms with Crippen LogP contribution in [0.3, 0.4) is 0 Å². The van der Waals surface area contributed by atoms with Crippen LogP contribution in [0.25, 0.3) is 11.2 Å². The van der Waals surface area contributed by atoms with Gasteiger partial charge in [-0.3, -0.25) is 4.79 Å². The molecule has 12 heteroatoms. The Balaban J connectivity index is 1.34. The zero-order valence-electron chi connectivity index (χ0n) is 18.0. The molecule has 5 rings (SSSR count). The highest BCUT2D eigenvalue weighted by Crippen LogP contribution is 3.02. The highest BCUT2D eigenvalue weighted by atomic mass is 32.5. The average molecular weight is 503 g/mol. The molecule has 1 amide bonds. The first-order chi connectivity index (χ1) is 15.9. The van der Waals surface area contributed by atoms with Gasteiger partial charge in [0.05, 0.1) is 0 Å². The first-order valence-corrected chi connectivity index (χ1v) is 12.9. The Morgan fingerprint density at radius 1 is 1.00 bits per heavy atom. The van der Waals surface area contributed by atoms with E-state index < -0.39 is 21.0 Å². The Morgan fingerprint density at radius 3 is 2.38 bits per heavy atom. The molecule has 4 heterocycles. The van der Waals surface area contributed by atoms with Crippen LogP contribution < -0.4 is 0 Å². The fourth-order valence-corrected chi connectivity index (χ4v) is 5.33. The fourth-order valence-electron chi connectivity index (χ4n) is 4.68. The molecule has 1 unspecified atom stereocenters. The van der Waals surface area contributed by atoms with Crippen molar-refractivity contribution in [3.8, 4) is 0 Å². The molecule has 184 valence electrons. The van der Waals surface area contributed by atoms with Gasteiger partial charge in [-0.15, -0.1) is 0 Å². The molecule has 6 nitrogen and oxygen atoms in total. The van der Waals surface area contributed by atoms with Gasteiger partial charge in [0.2, 0.25) is 0 Å². The second-order valence-corrected chi connectivity index (χ2v) is 11.2. The van der Waals surface area contributed by atoms with Crippen LogP contribution in [0.2, 0.25) is 0 Å². The van der Waals surface area contributed by atoms with Crippen molar-refractivity contribution in [2.24, 2.45) is 0 Å². The molecule has 2 aliphatic rings. The molecule has 34 heavy (non-hydrogen) atoms. The predicted octanol–water partition coefficient (Wildman–Crippen LogP) is 6.14. The number of nitrogens with one attached hydrogen (secondary N) is 1. The summed E-state index contributed by atoms with van der Waals surface area (Å²) >= 11 is 0. The standard InChI is InChI=1S/C22H23F5N4O2S/c23-34(24,25,26,27)17-3-1-15(2-4-17)22(32)31-10-6-16(13-31)18-5-9-28-21-19(18)29-20(30-21)14-7-11-33-12-8-14/h1-5,9,14,16H,6-8,10-13H2,(H,28,29,30). The van der Waals surface area contributed by atoms with Crippen molar-refractivity contribution in [2.45, 2.75) is 36.0 Å². The summed E-state index contributed by atoms with van der Waals surface area (Å²) in [6.07, 6.45) is 4.09. The van der Waals surface area contributed by atoms with E-state index in [1.165, 1.54) is 4.90 Å². The summed E-state index contributed by atoms with van der Waals surface area (Å²) in [6.45, 7) is 2.12. The van der Waals surface area contributed by atoms with E-state index in [1.807, 2.05) is 6.07 Å². The van der Waals surface area contributed by atoms with Crippen molar-refractivity contribution in [2.75, 3.05) is 26.3 Å². The lowest BCUT2D eigenvalue weighted by Gasteiger charge is -2.40. The molecule has 3 aromatic rings. The number of H-pyrrole nitrogens is 1. The summed E-state index contributed by atoms with van der Waals surface area (Å²) in [5.74, 6) is 0.621. The van der Waals surface area contributed by atoms with E-state index in [0.717, 1.165) is 41.9 Å². The maximum atomic E-state index is 13.0. The van der Waals surface area contributed by atoms with Crippen molar-refractivity contribution < 1.29 is 29.0 Å². The average Bonchev–Trinajstić information content (AvgIpc) is 3.45. The second kappa shape index (κ2) is 7.38. The minimum Gasteiger partial charge on any atom is -0.381 e. The Kier molecular flexibility index (Phi) is 5.00. The third-order valence-corrected chi connectivity index (χ3v) is 7.67. The highest BCUT2D eigenvalue weighted by molar-refractivity contribution is 8.45. The number of aromatic nitrogens is 3. The van der Waals surface area contributed by atoms with Crippen LogP contribution in [0.15, 0.2) is 41.4 Å². The summed E-state index contributed by atoms with van der Waals surface area (Å²) in [5, 5.41) is 0. The SMILES string of the molecule is O=C(c1ccc(S(F)(F)(F)(F)F)cc1)N1CCC(c2ccnc3[nH]c(C4CCOCC4)nc23)C1. The van der Waals surface area contributed by atoms with Crippen LogP contribution in [-0.2, 0) is 4.74 Å². The van der Waals surface area contributed by atoms with E-state index in [-0.39, 0.29) is 29.5 Å². The first-order valence-electron chi connectivity index (χ1n) is 10.9. The molecule has 0 bridgehead atoms. The van der Waals surface area contributed by atoms with Gasteiger partial charge in [0.1, 0.15) is 16.2 Å². The van der Waals surface area contributed by atoms with E-state index in [9.17, 15) is 24.2 Å². The second-order valence-electron chi connectivity index (χ2n) is 8.84. The summed E-state index contributed by atoms with van der Waals surface area (Å²) in [6, 6.07) is 4.04. The van der Waals surface area contributed by atoms with E-state index in [0.29, 0.717) is 38.4 Å². The van der Waals surface area contributed by atoms with Gasteiger partial charge in [0.15, 0.2) is 5.65 Å². The molecule has 2 aliphatic heterocycles. The van der Waals surface area contributed by atoms with Gasteiger partial charge >= 0.3 is 10.2 Å². The minimum atomic E-state index is -9.77. The Hall–Kier alpha value is -2.73. The van der Waals surface area contributed by atoms with Crippen LogP contribution in [0.4, 0.5) is 19.4 Å². The van der Waals surface area contributed by atoms with E-state index in [2.05, 4.69) is 9.97 Å². The largest absolute Gasteiger partial charge is 0.381 e. The molecular weight excluding hydrogens is 479 g/mol. The molecule has 1 atom stereocenters. The molecule has 2 aromatic heterocycles. The number of imidazole rings is 1.